The van der Waals surface area contributed by atoms with Crippen molar-refractivity contribution < 1.29 is 30.0 Å². The molecule has 0 aromatic heterocycles. The Balaban J connectivity index is 4.43. The van der Waals surface area contributed by atoms with Crippen molar-refractivity contribution in [2.45, 2.75) is 92.1 Å². The second kappa shape index (κ2) is 16.6. The van der Waals surface area contributed by atoms with Gasteiger partial charge in [0.25, 0.3) is 0 Å². The van der Waals surface area contributed by atoms with Crippen LogP contribution in [0.25, 0.3) is 0 Å². The minimum absolute atomic E-state index is 0.0539. The van der Waals surface area contributed by atoms with E-state index >= 15 is 0 Å². The van der Waals surface area contributed by atoms with Crippen molar-refractivity contribution in [3.63, 3.8) is 0 Å². The summed E-state index contributed by atoms with van der Waals surface area (Å²) in [6, 6.07) is 0. The van der Waals surface area contributed by atoms with Crippen LogP contribution in [-0.4, -0.2) is 51.5 Å². The quantitative estimate of drug-likeness (QED) is 0.228. The summed E-state index contributed by atoms with van der Waals surface area (Å²) in [5, 5.41) is 37.8. The fourth-order valence-electron chi connectivity index (χ4n) is 3.37. The average molecular weight is 465 g/mol. The summed E-state index contributed by atoms with van der Waals surface area (Å²) in [5.74, 6) is -2.30. The van der Waals surface area contributed by atoms with Crippen LogP contribution in [0.5, 0.6) is 0 Å². The summed E-state index contributed by atoms with van der Waals surface area (Å²) in [5.41, 5.74) is 2.99. The fourth-order valence-corrected chi connectivity index (χ4v) is 3.37. The van der Waals surface area contributed by atoms with Crippen LogP contribution in [0.3, 0.4) is 0 Å². The van der Waals surface area contributed by atoms with Crippen LogP contribution in [0.15, 0.2) is 46.6 Å². The van der Waals surface area contributed by atoms with Crippen molar-refractivity contribution in [3.8, 4) is 0 Å². The molecule has 0 aliphatic rings. The van der Waals surface area contributed by atoms with Gasteiger partial charge in [0, 0.05) is 6.42 Å². The van der Waals surface area contributed by atoms with E-state index in [0.29, 0.717) is 6.42 Å². The highest BCUT2D eigenvalue weighted by atomic mass is 16.4. The number of aliphatic hydroxyl groups excluding tert-OH is 3. The van der Waals surface area contributed by atoms with Gasteiger partial charge in [0.05, 0.1) is 13.2 Å². The highest BCUT2D eigenvalue weighted by Gasteiger charge is 2.47. The van der Waals surface area contributed by atoms with E-state index in [-0.39, 0.29) is 6.42 Å². The summed E-state index contributed by atoms with van der Waals surface area (Å²) < 4.78 is 0. The van der Waals surface area contributed by atoms with Gasteiger partial charge in [-0.25, -0.2) is 0 Å². The smallest absolute Gasteiger partial charge is 0.317 e. The Hall–Kier alpha value is -2.02. The van der Waals surface area contributed by atoms with E-state index in [1.54, 1.807) is 0 Å². The van der Waals surface area contributed by atoms with Crippen molar-refractivity contribution in [2.24, 2.45) is 5.41 Å². The number of allylic oxidation sites excluding steroid dienone is 8. The summed E-state index contributed by atoms with van der Waals surface area (Å²) in [6.07, 6.45) is 13.1. The van der Waals surface area contributed by atoms with Gasteiger partial charge in [-0.3, -0.25) is 9.59 Å². The lowest BCUT2D eigenvalue weighted by molar-refractivity contribution is -0.170. The lowest BCUT2D eigenvalue weighted by Crippen LogP contribution is -2.52. The zero-order valence-electron chi connectivity index (χ0n) is 21.1. The monoisotopic (exact) mass is 464 g/mol. The average Bonchev–Trinajstić information content (AvgIpc) is 2.74. The molecular weight excluding hydrogens is 420 g/mol. The summed E-state index contributed by atoms with van der Waals surface area (Å²) in [7, 11) is 0. The number of carboxylic acid groups (broad SMARTS) is 1. The largest absolute Gasteiger partial charge is 0.481 e. The zero-order chi connectivity index (χ0) is 25.4. The van der Waals surface area contributed by atoms with Gasteiger partial charge in [0.15, 0.2) is 5.78 Å². The molecule has 0 saturated heterocycles. The Bertz CT molecular complexity index is 734. The van der Waals surface area contributed by atoms with Crippen LogP contribution >= 0.6 is 0 Å². The van der Waals surface area contributed by atoms with E-state index in [1.807, 2.05) is 13.0 Å². The molecule has 0 fully saturated rings. The molecule has 1 atom stereocenters. The predicted molar refractivity (Wildman–Crippen MR) is 133 cm³/mol. The minimum Gasteiger partial charge on any atom is -0.481 e. The van der Waals surface area contributed by atoms with E-state index in [0.717, 1.165) is 44.1 Å². The molecule has 0 heterocycles. The molecule has 0 aliphatic heterocycles. The molecule has 0 aromatic carbocycles. The Kier molecular flexibility index (Phi) is 15.6. The molecule has 0 saturated carbocycles. The Labute approximate surface area is 199 Å². The third-order valence-corrected chi connectivity index (χ3v) is 5.86. The fraction of sp³-hybridized carbons (Fsp3) is 0.630. The maximum absolute atomic E-state index is 12.2. The van der Waals surface area contributed by atoms with Crippen LogP contribution in [0, 0.1) is 5.41 Å². The Morgan fingerprint density at radius 2 is 1.06 bits per heavy atom. The highest BCUT2D eigenvalue weighted by molar-refractivity contribution is 5.90. The molecule has 6 heteroatoms. The first-order valence-corrected chi connectivity index (χ1v) is 11.8. The summed E-state index contributed by atoms with van der Waals surface area (Å²) in [4.78, 5) is 23.4. The first kappa shape index (κ1) is 31.0. The van der Waals surface area contributed by atoms with Crippen LogP contribution < -0.4 is 0 Å². The molecule has 1 unspecified atom stereocenters. The first-order valence-electron chi connectivity index (χ1n) is 11.8. The second-order valence-corrected chi connectivity index (χ2v) is 9.23. The van der Waals surface area contributed by atoms with Gasteiger partial charge in [-0.1, -0.05) is 46.6 Å². The number of ketones is 1. The molecule has 33 heavy (non-hydrogen) atoms. The number of carboxylic acids is 1. The molecule has 6 nitrogen and oxygen atoms in total. The number of rotatable bonds is 17. The minimum atomic E-state index is -2.27. The van der Waals surface area contributed by atoms with E-state index in [4.69, 9.17) is 0 Å². The van der Waals surface area contributed by atoms with Crippen molar-refractivity contribution in [1.29, 1.82) is 0 Å². The molecule has 0 aromatic rings. The number of hydrogen-bond donors (Lipinski definition) is 4. The van der Waals surface area contributed by atoms with Gasteiger partial charge in [0.1, 0.15) is 11.5 Å². The van der Waals surface area contributed by atoms with Gasteiger partial charge in [-0.2, -0.15) is 0 Å². The summed E-state index contributed by atoms with van der Waals surface area (Å²) >= 11 is 0. The van der Waals surface area contributed by atoms with Crippen molar-refractivity contribution in [1.82, 2.24) is 0 Å². The standard InChI is InChI=1S/C27H44O6/c1-20(2)10-6-11-21(3)12-7-13-22(4)14-8-15-23(5)16-9-17-24(30)25(31)27(18-28,19-29)26(32)33/h10,12,14,16,25,28-29,31H,6-9,11,13,15,17-19H2,1-5H3,(H,32,33). The Morgan fingerprint density at radius 3 is 1.39 bits per heavy atom. The molecule has 0 bridgehead atoms. The number of carbonyl (C=O) groups is 2. The van der Waals surface area contributed by atoms with Crippen molar-refractivity contribution in [2.75, 3.05) is 13.2 Å². The van der Waals surface area contributed by atoms with Crippen LogP contribution in [-0.2, 0) is 9.59 Å². The van der Waals surface area contributed by atoms with Crippen molar-refractivity contribution >= 4 is 11.8 Å². The first-order chi connectivity index (χ1) is 15.5. The summed E-state index contributed by atoms with van der Waals surface area (Å²) in [6.45, 7) is 8.52. The number of aliphatic hydroxyl groups is 3. The van der Waals surface area contributed by atoms with E-state index in [2.05, 4.69) is 45.9 Å². The third-order valence-electron chi connectivity index (χ3n) is 5.86. The van der Waals surface area contributed by atoms with E-state index in [9.17, 15) is 30.0 Å². The normalized spacial score (nSPS) is 14.2. The molecule has 0 radical (unpaired) electrons. The molecule has 0 rings (SSSR count). The molecule has 0 spiro atoms. The Morgan fingerprint density at radius 1 is 0.697 bits per heavy atom. The number of hydrogen-bond acceptors (Lipinski definition) is 5. The van der Waals surface area contributed by atoms with Gasteiger partial charge in [0.2, 0.25) is 0 Å². The van der Waals surface area contributed by atoms with E-state index in [1.165, 1.54) is 16.7 Å². The van der Waals surface area contributed by atoms with Gasteiger partial charge in [-0.05, 0) is 79.6 Å². The molecule has 4 N–H and O–H groups in total. The predicted octanol–water partition coefficient (Wildman–Crippen LogP) is 4.90. The molecular formula is C27H44O6. The lowest BCUT2D eigenvalue weighted by Gasteiger charge is -2.29. The number of carbonyl (C=O) groups excluding carboxylic acids is 1. The lowest BCUT2D eigenvalue weighted by atomic mass is 9.80. The van der Waals surface area contributed by atoms with Crippen LogP contribution in [0.1, 0.15) is 86.0 Å². The number of aliphatic carboxylic acids is 1. The zero-order valence-corrected chi connectivity index (χ0v) is 21.1. The van der Waals surface area contributed by atoms with Gasteiger partial charge < -0.3 is 20.4 Å². The maximum atomic E-state index is 12.2. The van der Waals surface area contributed by atoms with Crippen molar-refractivity contribution in [3.05, 3.63) is 46.6 Å². The number of Topliss-reactive ketones (excluding diaryl/α,β-unsaturated/α-hetero) is 1. The van der Waals surface area contributed by atoms with Crippen LogP contribution in [0.2, 0.25) is 0 Å². The van der Waals surface area contributed by atoms with E-state index < -0.39 is 36.5 Å². The van der Waals surface area contributed by atoms with Crippen LogP contribution in [0.4, 0.5) is 0 Å². The van der Waals surface area contributed by atoms with Gasteiger partial charge >= 0.3 is 5.97 Å². The highest BCUT2D eigenvalue weighted by Crippen LogP contribution is 2.24. The topological polar surface area (TPSA) is 115 Å². The molecule has 0 aliphatic carbocycles. The SMILES string of the molecule is CC(C)=CCCC(C)=CCCC(C)=CCCC(C)=CCCC(=O)C(O)C(CO)(CO)C(=O)O. The maximum Gasteiger partial charge on any atom is 0.317 e. The molecule has 188 valence electrons. The second-order valence-electron chi connectivity index (χ2n) is 9.23. The molecule has 0 amide bonds. The third kappa shape index (κ3) is 12.1. The van der Waals surface area contributed by atoms with Gasteiger partial charge in [-0.15, -0.1) is 0 Å².